The zero-order valence-corrected chi connectivity index (χ0v) is 15.8. The van der Waals surface area contributed by atoms with Gasteiger partial charge in [0.2, 0.25) is 10.0 Å². The smallest absolute Gasteiger partial charge is 0.320 e. The number of hydrogen-bond donors (Lipinski definition) is 1. The standard InChI is InChI=1S/C16H19N3O5S2/c1-24-16(21)14-11-19(9-10-25-14)15(20)12-3-5-13(6-4-12)26(22,23)18-8-2-7-17/h3-6,14,18H,2,8-11H2,1H3/t14-/m1/s1. The molecule has 1 atom stereocenters. The van der Waals surface area contributed by atoms with E-state index in [0.717, 1.165) is 0 Å². The fourth-order valence-electron chi connectivity index (χ4n) is 2.39. The first kappa shape index (κ1) is 20.2. The third kappa shape index (κ3) is 4.97. The summed E-state index contributed by atoms with van der Waals surface area (Å²) in [6.07, 6.45) is 0.0735. The highest BCUT2D eigenvalue weighted by molar-refractivity contribution is 8.00. The number of sulfonamides is 1. The lowest BCUT2D eigenvalue weighted by atomic mass is 10.2. The van der Waals surface area contributed by atoms with Gasteiger partial charge in [-0.2, -0.15) is 5.26 Å². The number of nitrogens with one attached hydrogen (secondary N) is 1. The van der Waals surface area contributed by atoms with Crippen LogP contribution < -0.4 is 4.72 Å². The molecule has 1 amide bonds. The van der Waals surface area contributed by atoms with Crippen molar-refractivity contribution in [2.75, 3.05) is 32.5 Å². The minimum absolute atomic E-state index is 0.0219. The van der Waals surface area contributed by atoms with Crippen LogP contribution in [0.25, 0.3) is 0 Å². The van der Waals surface area contributed by atoms with E-state index in [0.29, 0.717) is 17.9 Å². The monoisotopic (exact) mass is 397 g/mol. The van der Waals surface area contributed by atoms with Gasteiger partial charge in [0.25, 0.3) is 5.91 Å². The van der Waals surface area contributed by atoms with E-state index in [4.69, 9.17) is 10.00 Å². The van der Waals surface area contributed by atoms with Crippen LogP contribution in [0.2, 0.25) is 0 Å². The van der Waals surface area contributed by atoms with E-state index in [1.165, 1.54) is 43.1 Å². The number of esters is 1. The Kier molecular flexibility index (Phi) is 7.02. The molecular formula is C16H19N3O5S2. The van der Waals surface area contributed by atoms with Crippen LogP contribution in [0.15, 0.2) is 29.2 Å². The fraction of sp³-hybridized carbons (Fsp3) is 0.438. The number of amides is 1. The predicted molar refractivity (Wildman–Crippen MR) is 96.0 cm³/mol. The normalized spacial score (nSPS) is 17.4. The van der Waals surface area contributed by atoms with Crippen molar-refractivity contribution < 1.29 is 22.7 Å². The predicted octanol–water partition coefficient (Wildman–Crippen LogP) is 0.609. The summed E-state index contributed by atoms with van der Waals surface area (Å²) in [7, 11) is -2.40. The third-order valence-corrected chi connectivity index (χ3v) is 6.40. The van der Waals surface area contributed by atoms with Gasteiger partial charge in [0.1, 0.15) is 5.25 Å². The molecule has 1 N–H and O–H groups in total. The van der Waals surface area contributed by atoms with E-state index >= 15 is 0 Å². The Hall–Kier alpha value is -2.09. The number of benzene rings is 1. The van der Waals surface area contributed by atoms with Crippen molar-refractivity contribution >= 4 is 33.7 Å². The topological polar surface area (TPSA) is 117 Å². The molecule has 10 heteroatoms. The van der Waals surface area contributed by atoms with E-state index in [1.54, 1.807) is 4.90 Å². The summed E-state index contributed by atoms with van der Waals surface area (Å²) in [5, 5.41) is 8.05. The average molecular weight is 397 g/mol. The number of ether oxygens (including phenoxy) is 1. The summed E-state index contributed by atoms with van der Waals surface area (Å²) in [5.74, 6) is -0.00110. The van der Waals surface area contributed by atoms with Crippen molar-refractivity contribution in [3.8, 4) is 6.07 Å². The average Bonchev–Trinajstić information content (AvgIpc) is 2.67. The first-order valence-corrected chi connectivity index (χ1v) is 10.4. The highest BCUT2D eigenvalue weighted by Crippen LogP contribution is 2.22. The maximum atomic E-state index is 12.6. The maximum Gasteiger partial charge on any atom is 0.320 e. The molecule has 0 aromatic heterocycles. The molecular weight excluding hydrogens is 378 g/mol. The van der Waals surface area contributed by atoms with Crippen molar-refractivity contribution in [2.24, 2.45) is 0 Å². The molecule has 1 fully saturated rings. The number of thioether (sulfide) groups is 1. The van der Waals surface area contributed by atoms with Gasteiger partial charge in [-0.1, -0.05) is 0 Å². The Bertz CT molecular complexity index is 802. The molecule has 1 aliphatic rings. The van der Waals surface area contributed by atoms with Gasteiger partial charge in [-0.3, -0.25) is 9.59 Å². The lowest BCUT2D eigenvalue weighted by Gasteiger charge is -2.31. The van der Waals surface area contributed by atoms with Crippen molar-refractivity contribution in [1.29, 1.82) is 5.26 Å². The van der Waals surface area contributed by atoms with Crippen LogP contribution in [0.1, 0.15) is 16.8 Å². The number of methoxy groups -OCH3 is 1. The Morgan fingerprint density at radius 2 is 2.08 bits per heavy atom. The minimum Gasteiger partial charge on any atom is -0.468 e. The molecule has 0 spiro atoms. The fourth-order valence-corrected chi connectivity index (χ4v) is 4.55. The van der Waals surface area contributed by atoms with Crippen LogP contribution in [0.5, 0.6) is 0 Å². The molecule has 0 saturated carbocycles. The van der Waals surface area contributed by atoms with E-state index in [9.17, 15) is 18.0 Å². The van der Waals surface area contributed by atoms with Gasteiger partial charge >= 0.3 is 5.97 Å². The molecule has 140 valence electrons. The van der Waals surface area contributed by atoms with Crippen LogP contribution in [0, 0.1) is 11.3 Å². The summed E-state index contributed by atoms with van der Waals surface area (Å²) in [6.45, 7) is 0.790. The van der Waals surface area contributed by atoms with Crippen LogP contribution >= 0.6 is 11.8 Å². The first-order valence-electron chi connectivity index (χ1n) is 7.84. The number of nitrogens with zero attached hydrogens (tertiary/aromatic N) is 2. The van der Waals surface area contributed by atoms with Crippen LogP contribution in [-0.4, -0.2) is 62.9 Å². The minimum atomic E-state index is -3.71. The molecule has 1 heterocycles. The second-order valence-electron chi connectivity index (χ2n) is 5.46. The van der Waals surface area contributed by atoms with Crippen molar-refractivity contribution in [1.82, 2.24) is 9.62 Å². The summed E-state index contributed by atoms with van der Waals surface area (Å²) in [6, 6.07) is 7.43. The van der Waals surface area contributed by atoms with Gasteiger partial charge in [0, 0.05) is 37.4 Å². The molecule has 2 rings (SSSR count). The van der Waals surface area contributed by atoms with Gasteiger partial charge in [0.05, 0.1) is 18.1 Å². The summed E-state index contributed by atoms with van der Waals surface area (Å²) < 4.78 is 31.2. The van der Waals surface area contributed by atoms with Crippen LogP contribution in [0.3, 0.4) is 0 Å². The zero-order valence-electron chi connectivity index (χ0n) is 14.2. The van der Waals surface area contributed by atoms with E-state index in [1.807, 2.05) is 6.07 Å². The SMILES string of the molecule is COC(=O)[C@H]1CN(C(=O)c2ccc(S(=O)(=O)NCCC#N)cc2)CCS1. The highest BCUT2D eigenvalue weighted by atomic mass is 32.2. The summed E-state index contributed by atoms with van der Waals surface area (Å²) >= 11 is 1.45. The Labute approximate surface area is 156 Å². The Morgan fingerprint density at radius 1 is 1.38 bits per heavy atom. The van der Waals surface area contributed by atoms with Crippen molar-refractivity contribution in [3.05, 3.63) is 29.8 Å². The Morgan fingerprint density at radius 3 is 2.69 bits per heavy atom. The zero-order chi connectivity index (χ0) is 19.2. The molecule has 0 aliphatic carbocycles. The van der Waals surface area contributed by atoms with Gasteiger partial charge in [-0.05, 0) is 24.3 Å². The lowest BCUT2D eigenvalue weighted by Crippen LogP contribution is -2.44. The van der Waals surface area contributed by atoms with Crippen LogP contribution in [0.4, 0.5) is 0 Å². The maximum absolute atomic E-state index is 12.6. The Balaban J connectivity index is 2.07. The van der Waals surface area contributed by atoms with Crippen molar-refractivity contribution in [3.63, 3.8) is 0 Å². The molecule has 0 radical (unpaired) electrons. The number of carbonyl (C=O) groups is 2. The molecule has 0 unspecified atom stereocenters. The highest BCUT2D eigenvalue weighted by Gasteiger charge is 2.30. The number of carbonyl (C=O) groups excluding carboxylic acids is 2. The van der Waals surface area contributed by atoms with E-state index < -0.39 is 15.3 Å². The molecule has 1 saturated heterocycles. The van der Waals surface area contributed by atoms with Gasteiger partial charge < -0.3 is 9.64 Å². The number of rotatable bonds is 6. The second kappa shape index (κ2) is 9.02. The molecule has 8 nitrogen and oxygen atoms in total. The van der Waals surface area contributed by atoms with Crippen molar-refractivity contribution in [2.45, 2.75) is 16.6 Å². The quantitative estimate of drug-likeness (QED) is 0.552. The van der Waals surface area contributed by atoms with Gasteiger partial charge in [-0.15, -0.1) is 11.8 Å². The van der Waals surface area contributed by atoms with Gasteiger partial charge in [-0.25, -0.2) is 13.1 Å². The summed E-state index contributed by atoms with van der Waals surface area (Å²) in [4.78, 5) is 25.8. The first-order chi connectivity index (χ1) is 12.4. The van der Waals surface area contributed by atoms with Gasteiger partial charge in [0.15, 0.2) is 0 Å². The molecule has 0 bridgehead atoms. The largest absolute Gasteiger partial charge is 0.468 e. The van der Waals surface area contributed by atoms with E-state index in [-0.39, 0.29) is 36.3 Å². The molecule has 1 aromatic rings. The number of hydrogen-bond acceptors (Lipinski definition) is 7. The second-order valence-corrected chi connectivity index (χ2v) is 8.54. The number of nitriles is 1. The molecule has 26 heavy (non-hydrogen) atoms. The third-order valence-electron chi connectivity index (χ3n) is 3.76. The van der Waals surface area contributed by atoms with Crippen LogP contribution in [-0.2, 0) is 19.6 Å². The van der Waals surface area contributed by atoms with E-state index in [2.05, 4.69) is 4.72 Å². The summed E-state index contributed by atoms with van der Waals surface area (Å²) in [5.41, 5.74) is 0.344. The molecule has 1 aromatic carbocycles. The molecule has 1 aliphatic heterocycles. The lowest BCUT2D eigenvalue weighted by molar-refractivity contribution is -0.140.